The first kappa shape index (κ1) is 14.0. The Bertz CT molecular complexity index is 397. The summed E-state index contributed by atoms with van der Waals surface area (Å²) in [5, 5.41) is 0.605. The van der Waals surface area contributed by atoms with Crippen LogP contribution in [0.3, 0.4) is 0 Å². The van der Waals surface area contributed by atoms with Crippen molar-refractivity contribution in [1.29, 1.82) is 0 Å². The summed E-state index contributed by atoms with van der Waals surface area (Å²) in [6.07, 6.45) is 6.41. The zero-order valence-electron chi connectivity index (χ0n) is 10.7. The maximum atomic E-state index is 6.03. The van der Waals surface area contributed by atoms with Gasteiger partial charge in [-0.15, -0.1) is 11.6 Å². The predicted molar refractivity (Wildman–Crippen MR) is 75.5 cm³/mol. The predicted octanol–water partition coefficient (Wildman–Crippen LogP) is 4.82. The molecule has 0 bridgehead atoms. The normalized spacial score (nSPS) is 23.9. The highest BCUT2D eigenvalue weighted by Crippen LogP contribution is 2.30. The molecule has 2 unspecified atom stereocenters. The van der Waals surface area contributed by atoms with E-state index >= 15 is 0 Å². The second-order valence-electron chi connectivity index (χ2n) is 4.82. The van der Waals surface area contributed by atoms with E-state index in [0.29, 0.717) is 34.5 Å². The molecule has 0 saturated heterocycles. The van der Waals surface area contributed by atoms with Crippen LogP contribution in [0.4, 0.5) is 0 Å². The van der Waals surface area contributed by atoms with Crippen LogP contribution in [-0.4, -0.2) is 11.1 Å². The molecule has 1 aromatic heterocycles. The van der Waals surface area contributed by atoms with Crippen molar-refractivity contribution in [3.05, 3.63) is 22.8 Å². The van der Waals surface area contributed by atoms with E-state index in [-0.39, 0.29) is 0 Å². The summed E-state index contributed by atoms with van der Waals surface area (Å²) in [6.45, 7) is 2.23. The van der Waals surface area contributed by atoms with Gasteiger partial charge >= 0.3 is 0 Å². The fourth-order valence-corrected chi connectivity index (χ4v) is 3.02. The fraction of sp³-hybridized carbons (Fsp3) is 0.643. The maximum Gasteiger partial charge on any atom is 0.213 e. The van der Waals surface area contributed by atoms with Gasteiger partial charge in [-0.05, 0) is 37.7 Å². The minimum atomic E-state index is 0.292. The largest absolute Gasteiger partial charge is 0.474 e. The number of halogens is 2. The minimum Gasteiger partial charge on any atom is -0.474 e. The van der Waals surface area contributed by atoms with Crippen LogP contribution in [0.25, 0.3) is 0 Å². The summed E-state index contributed by atoms with van der Waals surface area (Å²) in [4.78, 5) is 4.37. The van der Waals surface area contributed by atoms with Gasteiger partial charge in [0.05, 0.1) is 16.6 Å². The number of nitrogens with zero attached hydrogens (tertiary/aromatic N) is 1. The molecule has 0 spiro atoms. The highest BCUT2D eigenvalue weighted by Gasteiger charge is 2.25. The van der Waals surface area contributed by atoms with E-state index in [1.807, 2.05) is 12.1 Å². The molecule has 0 N–H and O–H groups in total. The van der Waals surface area contributed by atoms with Crippen molar-refractivity contribution in [2.75, 3.05) is 0 Å². The smallest absolute Gasteiger partial charge is 0.213 e. The van der Waals surface area contributed by atoms with Gasteiger partial charge in [0, 0.05) is 6.07 Å². The van der Waals surface area contributed by atoms with Crippen LogP contribution < -0.4 is 4.74 Å². The van der Waals surface area contributed by atoms with Gasteiger partial charge < -0.3 is 4.74 Å². The SMILES string of the molecule is CCC1CCCCC1Oc1ccc(Cl)c(CCl)n1. The topological polar surface area (TPSA) is 22.1 Å². The Hall–Kier alpha value is -0.470. The molecule has 1 aliphatic rings. The van der Waals surface area contributed by atoms with Crippen LogP contribution in [0.5, 0.6) is 5.88 Å². The van der Waals surface area contributed by atoms with Gasteiger partial charge in [0.2, 0.25) is 5.88 Å². The van der Waals surface area contributed by atoms with Crippen molar-refractivity contribution in [2.45, 2.75) is 51.0 Å². The number of alkyl halides is 1. The second kappa shape index (κ2) is 6.63. The van der Waals surface area contributed by atoms with Crippen LogP contribution in [0, 0.1) is 5.92 Å². The standard InChI is InChI=1S/C14H19Cl2NO/c1-2-10-5-3-4-6-13(10)18-14-8-7-11(16)12(9-15)17-14/h7-8,10,13H,2-6,9H2,1H3. The van der Waals surface area contributed by atoms with E-state index in [1.54, 1.807) is 0 Å². The van der Waals surface area contributed by atoms with Gasteiger partial charge in [-0.3, -0.25) is 0 Å². The Morgan fingerprint density at radius 2 is 2.11 bits per heavy atom. The van der Waals surface area contributed by atoms with Gasteiger partial charge in [-0.2, -0.15) is 0 Å². The number of aromatic nitrogens is 1. The molecular formula is C14H19Cl2NO. The van der Waals surface area contributed by atoms with E-state index in [1.165, 1.54) is 25.7 Å². The zero-order chi connectivity index (χ0) is 13.0. The number of pyridine rings is 1. The van der Waals surface area contributed by atoms with Gasteiger partial charge in [0.1, 0.15) is 6.10 Å². The average molecular weight is 288 g/mol. The highest BCUT2D eigenvalue weighted by atomic mass is 35.5. The molecule has 1 aliphatic carbocycles. The first-order valence-corrected chi connectivity index (χ1v) is 7.54. The van der Waals surface area contributed by atoms with Crippen LogP contribution in [-0.2, 0) is 5.88 Å². The monoisotopic (exact) mass is 287 g/mol. The molecule has 2 atom stereocenters. The number of hydrogen-bond donors (Lipinski definition) is 0. The molecule has 0 aliphatic heterocycles. The molecule has 0 radical (unpaired) electrons. The van der Waals surface area contributed by atoms with Crippen LogP contribution >= 0.6 is 23.2 Å². The van der Waals surface area contributed by atoms with Gasteiger partial charge in [0.15, 0.2) is 0 Å². The van der Waals surface area contributed by atoms with Gasteiger partial charge in [-0.25, -0.2) is 4.98 Å². The van der Waals surface area contributed by atoms with E-state index in [2.05, 4.69) is 11.9 Å². The third-order valence-electron chi connectivity index (χ3n) is 3.66. The fourth-order valence-electron chi connectivity index (χ4n) is 2.57. The lowest BCUT2D eigenvalue weighted by molar-refractivity contribution is 0.0857. The summed E-state index contributed by atoms with van der Waals surface area (Å²) in [6, 6.07) is 3.64. The van der Waals surface area contributed by atoms with Crippen LogP contribution in [0.15, 0.2) is 12.1 Å². The number of rotatable bonds is 4. The molecule has 0 aromatic carbocycles. The van der Waals surface area contributed by atoms with E-state index in [9.17, 15) is 0 Å². The third kappa shape index (κ3) is 3.30. The van der Waals surface area contributed by atoms with Crippen molar-refractivity contribution in [3.8, 4) is 5.88 Å². The van der Waals surface area contributed by atoms with Crippen LogP contribution in [0.1, 0.15) is 44.7 Å². The summed E-state index contributed by atoms with van der Waals surface area (Å²) in [7, 11) is 0. The van der Waals surface area contributed by atoms with E-state index in [0.717, 1.165) is 6.42 Å². The minimum absolute atomic E-state index is 0.292. The van der Waals surface area contributed by atoms with Crippen molar-refractivity contribution in [3.63, 3.8) is 0 Å². The van der Waals surface area contributed by atoms with E-state index in [4.69, 9.17) is 27.9 Å². The molecule has 1 saturated carbocycles. The lowest BCUT2D eigenvalue weighted by atomic mass is 9.85. The third-order valence-corrected chi connectivity index (χ3v) is 4.25. The molecule has 2 nitrogen and oxygen atoms in total. The Labute approximate surface area is 119 Å². The first-order valence-electron chi connectivity index (χ1n) is 6.62. The molecule has 4 heteroatoms. The Morgan fingerprint density at radius 3 is 2.83 bits per heavy atom. The highest BCUT2D eigenvalue weighted by molar-refractivity contribution is 6.32. The molecule has 100 valence electrons. The van der Waals surface area contributed by atoms with Gasteiger partial charge in [0.25, 0.3) is 0 Å². The molecule has 1 heterocycles. The quantitative estimate of drug-likeness (QED) is 0.741. The Kier molecular flexibility index (Phi) is 5.13. The van der Waals surface area contributed by atoms with Crippen molar-refractivity contribution >= 4 is 23.2 Å². The number of ether oxygens (including phenoxy) is 1. The molecule has 2 rings (SSSR count). The summed E-state index contributed by atoms with van der Waals surface area (Å²) in [5.41, 5.74) is 0.694. The Morgan fingerprint density at radius 1 is 1.33 bits per heavy atom. The maximum absolute atomic E-state index is 6.03. The lowest BCUT2D eigenvalue weighted by Crippen LogP contribution is -2.30. The van der Waals surface area contributed by atoms with Gasteiger partial charge in [-0.1, -0.05) is 24.9 Å². The molecule has 1 fully saturated rings. The van der Waals surface area contributed by atoms with Crippen molar-refractivity contribution in [2.24, 2.45) is 5.92 Å². The molecule has 0 amide bonds. The van der Waals surface area contributed by atoms with E-state index < -0.39 is 0 Å². The lowest BCUT2D eigenvalue weighted by Gasteiger charge is -2.30. The average Bonchev–Trinajstić information content (AvgIpc) is 2.41. The van der Waals surface area contributed by atoms with Crippen molar-refractivity contribution in [1.82, 2.24) is 4.98 Å². The van der Waals surface area contributed by atoms with Crippen LogP contribution in [0.2, 0.25) is 5.02 Å². The zero-order valence-corrected chi connectivity index (χ0v) is 12.2. The molecular weight excluding hydrogens is 269 g/mol. The molecule has 1 aromatic rings. The summed E-state index contributed by atoms with van der Waals surface area (Å²) in [5.74, 6) is 1.62. The number of hydrogen-bond acceptors (Lipinski definition) is 2. The van der Waals surface area contributed by atoms with Crippen molar-refractivity contribution < 1.29 is 4.74 Å². The molecule has 18 heavy (non-hydrogen) atoms. The summed E-state index contributed by atoms with van der Waals surface area (Å²) < 4.78 is 6.03. The summed E-state index contributed by atoms with van der Waals surface area (Å²) >= 11 is 11.8. The Balaban J connectivity index is 2.07. The first-order chi connectivity index (χ1) is 8.74. The second-order valence-corrected chi connectivity index (χ2v) is 5.50.